The molecule has 2 heterocycles. The second kappa shape index (κ2) is 13.4. The highest BCUT2D eigenvalue weighted by atomic mass is 32.2. The van der Waals surface area contributed by atoms with Crippen LogP contribution in [-0.4, -0.2) is 68.2 Å². The van der Waals surface area contributed by atoms with E-state index in [-0.39, 0.29) is 54.1 Å². The molecule has 1 aliphatic heterocycles. The van der Waals surface area contributed by atoms with Crippen molar-refractivity contribution in [3.05, 3.63) is 26.9 Å². The highest BCUT2D eigenvalue weighted by Crippen LogP contribution is 2.65. The van der Waals surface area contributed by atoms with Gasteiger partial charge in [-0.25, -0.2) is 23.5 Å². The summed E-state index contributed by atoms with van der Waals surface area (Å²) >= 11 is 1.22. The lowest BCUT2D eigenvalue weighted by molar-refractivity contribution is -0.525. The number of nitrogens with two attached hydrogens (primary N) is 1. The first kappa shape index (κ1) is 34.3. The summed E-state index contributed by atoms with van der Waals surface area (Å²) < 4.78 is 38.6. The molecule has 1 amide bonds. The van der Waals surface area contributed by atoms with Crippen LogP contribution in [0.25, 0.3) is 0 Å². The molecule has 5 rings (SSSR count). The predicted molar refractivity (Wildman–Crippen MR) is 167 cm³/mol. The van der Waals surface area contributed by atoms with Gasteiger partial charge in [0.2, 0.25) is 5.91 Å². The summed E-state index contributed by atoms with van der Waals surface area (Å²) in [5, 5.41) is 15.9. The molecule has 6 atom stereocenters. The molecule has 1 saturated heterocycles. The largest absolute Gasteiger partial charge is 0.481 e. The number of hydrogen-bond donors (Lipinski definition) is 3. The number of guanidine groups is 1. The number of nitro groups is 1. The fourth-order valence-electron chi connectivity index (χ4n) is 7.17. The first-order chi connectivity index (χ1) is 20.5. The molecule has 244 valence electrons. The molecule has 0 spiro atoms. The van der Waals surface area contributed by atoms with E-state index in [0.717, 1.165) is 12.8 Å². The van der Waals surface area contributed by atoms with Crippen molar-refractivity contribution in [2.75, 3.05) is 12.3 Å². The van der Waals surface area contributed by atoms with Crippen LogP contribution in [0.15, 0.2) is 26.7 Å². The molecule has 1 aromatic heterocycles. The number of nitrogens with zero attached hydrogens (tertiary/aromatic N) is 2. The maximum absolute atomic E-state index is 13.8. The number of rotatable bonds is 15. The van der Waals surface area contributed by atoms with Crippen LogP contribution in [0.1, 0.15) is 73.1 Å². The van der Waals surface area contributed by atoms with Gasteiger partial charge in [0.1, 0.15) is 11.5 Å². The van der Waals surface area contributed by atoms with Gasteiger partial charge in [0.05, 0.1) is 22.5 Å². The zero-order valence-electron chi connectivity index (χ0n) is 26.0. The van der Waals surface area contributed by atoms with E-state index in [1.165, 1.54) is 22.8 Å². The van der Waals surface area contributed by atoms with E-state index in [4.69, 9.17) is 15.0 Å². The third-order valence-corrected chi connectivity index (χ3v) is 12.1. The predicted octanol–water partition coefficient (Wildman–Crippen LogP) is 2.77. The molecule has 16 heteroatoms. The Morgan fingerprint density at radius 3 is 2.64 bits per heavy atom. The summed E-state index contributed by atoms with van der Waals surface area (Å²) in [7, 11) is -4.49. The number of ketones is 1. The second-order valence-electron chi connectivity index (χ2n) is 13.5. The normalized spacial score (nSPS) is 27.3. The number of thiophene rings is 1. The summed E-state index contributed by atoms with van der Waals surface area (Å²) in [6.45, 7) is 10.8. The topological polar surface area (TPSA) is 192 Å². The van der Waals surface area contributed by atoms with Crippen molar-refractivity contribution in [2.45, 2.75) is 95.7 Å². The fraction of sp³-hybridized carbons (Fsp3) is 0.750. The van der Waals surface area contributed by atoms with Crippen molar-refractivity contribution >= 4 is 45.9 Å². The van der Waals surface area contributed by atoms with E-state index in [1.807, 2.05) is 13.8 Å². The molecule has 3 aliphatic carbocycles. The molecule has 3 saturated carbocycles. The van der Waals surface area contributed by atoms with Crippen LogP contribution in [-0.2, 0) is 28.7 Å². The van der Waals surface area contributed by atoms with Crippen molar-refractivity contribution in [3.8, 4) is 0 Å². The number of carbonyl (C=O) groups excluding carboxylic acids is 2. The zero-order chi connectivity index (χ0) is 32.4. The molecule has 0 unspecified atom stereocenters. The maximum Gasteiger partial charge on any atom is 0.481 e. The van der Waals surface area contributed by atoms with Crippen molar-refractivity contribution < 1.29 is 32.3 Å². The molecule has 13 nitrogen and oxygen atoms in total. The van der Waals surface area contributed by atoms with E-state index < -0.39 is 56.9 Å². The zero-order valence-corrected chi connectivity index (χ0v) is 27.6. The van der Waals surface area contributed by atoms with Crippen molar-refractivity contribution in [1.82, 2.24) is 10.7 Å². The molecule has 4 fully saturated rings. The number of hydrazine groups is 1. The Kier molecular flexibility index (Phi) is 10.5. The van der Waals surface area contributed by atoms with Gasteiger partial charge in [-0.05, 0) is 73.6 Å². The van der Waals surface area contributed by atoms with E-state index in [2.05, 4.69) is 31.1 Å². The number of carbonyl (C=O) groups is 2. The lowest BCUT2D eigenvalue weighted by Crippen LogP contribution is -2.65. The highest BCUT2D eigenvalue weighted by molar-refractivity contribution is 7.92. The number of hydrogen-bond acceptors (Lipinski definition) is 10. The number of nitrogens with one attached hydrogen (secondary N) is 2. The number of aliphatic imine (C=N–C) groups is 1. The lowest BCUT2D eigenvalue weighted by Gasteiger charge is -2.64. The first-order valence-electron chi connectivity index (χ1n) is 15.1. The summed E-state index contributed by atoms with van der Waals surface area (Å²) in [4.78, 5) is 41.4. The molecule has 0 aromatic carbocycles. The molecule has 4 aliphatic rings. The maximum atomic E-state index is 13.8. The van der Waals surface area contributed by atoms with Gasteiger partial charge in [0.15, 0.2) is 14.9 Å². The Hall–Kier alpha value is -2.56. The van der Waals surface area contributed by atoms with Crippen LogP contribution in [0.2, 0.25) is 0 Å². The third kappa shape index (κ3) is 7.62. The van der Waals surface area contributed by atoms with Crippen LogP contribution in [0.3, 0.4) is 0 Å². The Labute approximate surface area is 263 Å². The van der Waals surface area contributed by atoms with Crippen molar-refractivity contribution in [1.29, 1.82) is 0 Å². The molecule has 44 heavy (non-hydrogen) atoms. The van der Waals surface area contributed by atoms with Gasteiger partial charge in [-0.3, -0.25) is 9.59 Å². The highest BCUT2D eigenvalue weighted by Gasteiger charge is 2.68. The molecular weight excluding hydrogens is 609 g/mol. The van der Waals surface area contributed by atoms with Crippen LogP contribution in [0.5, 0.6) is 0 Å². The monoisotopic (exact) mass is 653 g/mol. The molecule has 2 bridgehead atoms. The van der Waals surface area contributed by atoms with E-state index in [9.17, 15) is 28.1 Å². The Balaban J connectivity index is 1.47. The van der Waals surface area contributed by atoms with Crippen molar-refractivity contribution in [2.24, 2.45) is 39.8 Å². The second-order valence-corrected chi connectivity index (χ2v) is 16.3. The van der Waals surface area contributed by atoms with Gasteiger partial charge in [0, 0.05) is 24.3 Å². The molecular formula is C28H44BN5O8S2. The number of Topliss-reactive ketones (excluding diaryl/α,β-unsaturated/α-hetero) is 1. The standard InChI is InChI=1S/C28H44BN5O8S2/c1-17(2)11-24(29-41-23-14-19-13-22(27(19,3)4)28(23,5)42-29)32-25(36)18(7-6-9-31-26(30)33-34(37)38)12-20(35)16-44(39,40)21-8-10-43-15-21/h8,10,15,17-19,22-24H,6-7,9,11-14,16H2,1-5H3,(H,32,36)(H3,30,31,33)/t18-,19+,22+,23-,24+,28+/m1/s1. The summed E-state index contributed by atoms with van der Waals surface area (Å²) in [6, 6.07) is 1.44. The van der Waals surface area contributed by atoms with Crippen molar-refractivity contribution in [3.63, 3.8) is 0 Å². The minimum Gasteiger partial charge on any atom is -0.404 e. The van der Waals surface area contributed by atoms with Gasteiger partial charge >= 0.3 is 7.12 Å². The fourth-order valence-corrected chi connectivity index (χ4v) is 9.51. The minimum atomic E-state index is -3.84. The Bertz CT molecular complexity index is 1360. The SMILES string of the molecule is CC(C)C[C@H](NC(=O)[C@H](CCCN=C(N)N[N+](=O)[O-])CC(=O)CS(=O)(=O)c1ccsc1)B1O[C@@H]2C[C@@H]3C[C@@H](C3(C)C)[C@]2(C)O1. The van der Waals surface area contributed by atoms with Crippen LogP contribution < -0.4 is 16.5 Å². The Morgan fingerprint density at radius 1 is 1.30 bits per heavy atom. The lowest BCUT2D eigenvalue weighted by atomic mass is 9.43. The van der Waals surface area contributed by atoms with Gasteiger partial charge in [-0.15, -0.1) is 0 Å². The van der Waals surface area contributed by atoms with E-state index in [0.29, 0.717) is 18.3 Å². The third-order valence-electron chi connectivity index (χ3n) is 9.60. The molecule has 1 aromatic rings. The van der Waals surface area contributed by atoms with Gasteiger partial charge < -0.3 is 20.4 Å². The van der Waals surface area contributed by atoms with Gasteiger partial charge in [-0.1, -0.05) is 33.1 Å². The number of sulfone groups is 1. The van der Waals surface area contributed by atoms with Crippen LogP contribution >= 0.6 is 11.3 Å². The number of amides is 1. The first-order valence-corrected chi connectivity index (χ1v) is 17.7. The summed E-state index contributed by atoms with van der Waals surface area (Å²) in [5.41, 5.74) is 6.96. The van der Waals surface area contributed by atoms with E-state index in [1.54, 1.807) is 10.8 Å². The van der Waals surface area contributed by atoms with Gasteiger partial charge in [-0.2, -0.15) is 11.3 Å². The molecule has 4 N–H and O–H groups in total. The smallest absolute Gasteiger partial charge is 0.404 e. The Morgan fingerprint density at radius 2 is 2.02 bits per heavy atom. The van der Waals surface area contributed by atoms with Gasteiger partial charge in [0.25, 0.3) is 5.96 Å². The average molecular weight is 654 g/mol. The van der Waals surface area contributed by atoms with Crippen LogP contribution in [0, 0.1) is 39.2 Å². The van der Waals surface area contributed by atoms with E-state index >= 15 is 0 Å². The summed E-state index contributed by atoms with van der Waals surface area (Å²) in [5.74, 6) is -2.29. The minimum absolute atomic E-state index is 0.0633. The van der Waals surface area contributed by atoms with Crippen LogP contribution in [0.4, 0.5) is 0 Å². The quantitative estimate of drug-likeness (QED) is 0.0633. The summed E-state index contributed by atoms with van der Waals surface area (Å²) in [6.07, 6.45) is 2.70. The average Bonchev–Trinajstić information content (AvgIpc) is 3.57. The molecule has 0 radical (unpaired) electrons.